The zero-order chi connectivity index (χ0) is 14.0. The third-order valence-electron chi connectivity index (χ3n) is 2.54. The van der Waals surface area contributed by atoms with E-state index in [1.54, 1.807) is 23.6 Å². The molecule has 0 aliphatic heterocycles. The first-order chi connectivity index (χ1) is 9.08. The molecule has 0 N–H and O–H groups in total. The number of halogens is 2. The number of ether oxygens (including phenoxy) is 2. The fourth-order valence-corrected chi connectivity index (χ4v) is 2.94. The predicted octanol–water partition coefficient (Wildman–Crippen LogP) is 4.30. The molecule has 0 fully saturated rings. The molecule has 0 aliphatic rings. The van der Waals surface area contributed by atoms with Gasteiger partial charge in [-0.05, 0) is 17.5 Å². The normalized spacial score (nSPS) is 10.3. The highest BCUT2D eigenvalue weighted by Crippen LogP contribution is 2.35. The van der Waals surface area contributed by atoms with Crippen molar-refractivity contribution in [3.63, 3.8) is 0 Å². The molecule has 0 saturated carbocycles. The molecule has 19 heavy (non-hydrogen) atoms. The summed E-state index contributed by atoms with van der Waals surface area (Å²) in [6.45, 7) is 0. The second kappa shape index (κ2) is 5.82. The molecule has 0 atom stereocenters. The van der Waals surface area contributed by atoms with E-state index in [1.807, 2.05) is 0 Å². The van der Waals surface area contributed by atoms with Crippen molar-refractivity contribution < 1.29 is 14.3 Å². The number of carbonyl (C=O) groups is 1. The first-order valence-corrected chi connectivity index (χ1v) is 6.91. The van der Waals surface area contributed by atoms with Crippen LogP contribution in [0, 0.1) is 0 Å². The maximum atomic E-state index is 12.4. The lowest BCUT2D eigenvalue weighted by Gasteiger charge is -2.10. The van der Waals surface area contributed by atoms with Crippen molar-refractivity contribution >= 4 is 40.3 Å². The molecule has 0 amide bonds. The van der Waals surface area contributed by atoms with Gasteiger partial charge in [0.05, 0.1) is 29.1 Å². The van der Waals surface area contributed by atoms with Crippen LogP contribution in [0.4, 0.5) is 0 Å². The third-order valence-corrected chi connectivity index (χ3v) is 4.19. The highest BCUT2D eigenvalue weighted by atomic mass is 35.5. The molecule has 2 rings (SSSR count). The second-order valence-corrected chi connectivity index (χ2v) is 5.34. The zero-order valence-corrected chi connectivity index (χ0v) is 12.5. The lowest BCUT2D eigenvalue weighted by atomic mass is 10.1. The Bertz CT molecular complexity index is 622. The summed E-state index contributed by atoms with van der Waals surface area (Å²) in [4.78, 5) is 12.8. The van der Waals surface area contributed by atoms with Crippen LogP contribution in [0.1, 0.15) is 15.2 Å². The van der Waals surface area contributed by atoms with E-state index in [0.717, 1.165) is 0 Å². The Kier molecular flexibility index (Phi) is 4.34. The van der Waals surface area contributed by atoms with Gasteiger partial charge in [0.2, 0.25) is 5.78 Å². The van der Waals surface area contributed by atoms with E-state index in [0.29, 0.717) is 32.0 Å². The maximum absolute atomic E-state index is 12.4. The fourth-order valence-electron chi connectivity index (χ4n) is 1.61. The number of hydrogen-bond acceptors (Lipinski definition) is 4. The molecule has 0 radical (unpaired) electrons. The molecule has 100 valence electrons. The summed E-state index contributed by atoms with van der Waals surface area (Å²) in [6, 6.07) is 4.78. The average Bonchev–Trinajstić information content (AvgIpc) is 2.83. The number of ketones is 1. The van der Waals surface area contributed by atoms with Gasteiger partial charge in [-0.25, -0.2) is 0 Å². The van der Waals surface area contributed by atoms with E-state index < -0.39 is 0 Å². The van der Waals surface area contributed by atoms with Crippen molar-refractivity contribution in [2.75, 3.05) is 14.2 Å². The predicted molar refractivity (Wildman–Crippen MR) is 77.3 cm³/mol. The molecule has 1 aromatic heterocycles. The molecule has 0 aliphatic carbocycles. The second-order valence-electron chi connectivity index (χ2n) is 3.61. The monoisotopic (exact) mass is 316 g/mol. The SMILES string of the molecule is COc1cc(Cl)c(C(=O)c2sccc2Cl)cc1OC. The van der Waals surface area contributed by atoms with Crippen molar-refractivity contribution in [3.05, 3.63) is 44.1 Å². The van der Waals surface area contributed by atoms with Crippen LogP contribution in [0.3, 0.4) is 0 Å². The van der Waals surface area contributed by atoms with E-state index in [4.69, 9.17) is 32.7 Å². The summed E-state index contributed by atoms with van der Waals surface area (Å²) in [6.07, 6.45) is 0. The van der Waals surface area contributed by atoms with Crippen LogP contribution in [0.2, 0.25) is 10.0 Å². The molecule has 0 saturated heterocycles. The minimum absolute atomic E-state index is 0.231. The Morgan fingerprint density at radius 3 is 2.26 bits per heavy atom. The van der Waals surface area contributed by atoms with Crippen LogP contribution < -0.4 is 9.47 Å². The molecule has 3 nitrogen and oxygen atoms in total. The first-order valence-electron chi connectivity index (χ1n) is 5.27. The number of carbonyl (C=O) groups excluding carboxylic acids is 1. The van der Waals surface area contributed by atoms with Crippen LogP contribution in [0.15, 0.2) is 23.6 Å². The Morgan fingerprint density at radius 2 is 1.74 bits per heavy atom. The number of benzene rings is 1. The quantitative estimate of drug-likeness (QED) is 0.789. The smallest absolute Gasteiger partial charge is 0.206 e. The topological polar surface area (TPSA) is 35.5 Å². The fraction of sp³-hybridized carbons (Fsp3) is 0.154. The summed E-state index contributed by atoms with van der Waals surface area (Å²) < 4.78 is 10.3. The van der Waals surface area contributed by atoms with Crippen LogP contribution >= 0.6 is 34.5 Å². The van der Waals surface area contributed by atoms with Gasteiger partial charge in [0, 0.05) is 11.6 Å². The van der Waals surface area contributed by atoms with Gasteiger partial charge in [-0.2, -0.15) is 0 Å². The number of rotatable bonds is 4. The highest BCUT2D eigenvalue weighted by molar-refractivity contribution is 7.13. The Hall–Kier alpha value is -1.23. The summed E-state index contributed by atoms with van der Waals surface area (Å²) >= 11 is 13.3. The van der Waals surface area contributed by atoms with Gasteiger partial charge < -0.3 is 9.47 Å². The standard InChI is InChI=1S/C13H10Cl2O3S/c1-17-10-5-7(9(15)6-11(10)18-2)12(16)13-8(14)3-4-19-13/h3-6H,1-2H3. The first kappa shape index (κ1) is 14.2. The molecule has 6 heteroatoms. The van der Waals surface area contributed by atoms with E-state index in [1.165, 1.54) is 25.6 Å². The summed E-state index contributed by atoms with van der Waals surface area (Å²) in [5, 5.41) is 2.47. The van der Waals surface area contributed by atoms with Crippen LogP contribution in [0.5, 0.6) is 11.5 Å². The molecular weight excluding hydrogens is 307 g/mol. The van der Waals surface area contributed by atoms with Gasteiger partial charge in [0.25, 0.3) is 0 Å². The molecule has 1 aromatic carbocycles. The zero-order valence-electron chi connectivity index (χ0n) is 10.2. The van der Waals surface area contributed by atoms with E-state index in [9.17, 15) is 4.79 Å². The number of thiophene rings is 1. The lowest BCUT2D eigenvalue weighted by Crippen LogP contribution is -2.02. The van der Waals surface area contributed by atoms with Crippen LogP contribution in [-0.4, -0.2) is 20.0 Å². The van der Waals surface area contributed by atoms with Gasteiger partial charge in [0.1, 0.15) is 0 Å². The molecular formula is C13H10Cl2O3S. The van der Waals surface area contributed by atoms with Crippen molar-refractivity contribution in [2.45, 2.75) is 0 Å². The highest BCUT2D eigenvalue weighted by Gasteiger charge is 2.20. The average molecular weight is 317 g/mol. The van der Waals surface area contributed by atoms with Gasteiger partial charge in [0.15, 0.2) is 11.5 Å². The lowest BCUT2D eigenvalue weighted by molar-refractivity contribution is 0.104. The summed E-state index contributed by atoms with van der Waals surface area (Å²) in [5.41, 5.74) is 0.337. The number of methoxy groups -OCH3 is 2. The Morgan fingerprint density at radius 1 is 1.11 bits per heavy atom. The largest absolute Gasteiger partial charge is 0.493 e. The molecule has 0 spiro atoms. The van der Waals surface area contributed by atoms with E-state index in [-0.39, 0.29) is 5.78 Å². The third kappa shape index (κ3) is 2.71. The minimum Gasteiger partial charge on any atom is -0.493 e. The van der Waals surface area contributed by atoms with Gasteiger partial charge >= 0.3 is 0 Å². The van der Waals surface area contributed by atoms with Crippen molar-refractivity contribution in [2.24, 2.45) is 0 Å². The van der Waals surface area contributed by atoms with Gasteiger partial charge in [-0.1, -0.05) is 23.2 Å². The molecule has 1 heterocycles. The van der Waals surface area contributed by atoms with Crippen LogP contribution in [-0.2, 0) is 0 Å². The Balaban J connectivity index is 2.51. The van der Waals surface area contributed by atoms with Gasteiger partial charge in [-0.15, -0.1) is 11.3 Å². The maximum Gasteiger partial charge on any atom is 0.206 e. The molecule has 0 unspecified atom stereocenters. The van der Waals surface area contributed by atoms with Crippen LogP contribution in [0.25, 0.3) is 0 Å². The molecule has 2 aromatic rings. The van der Waals surface area contributed by atoms with Gasteiger partial charge in [-0.3, -0.25) is 4.79 Å². The summed E-state index contributed by atoms with van der Waals surface area (Å²) in [7, 11) is 3.00. The Labute approximate surface area is 124 Å². The van der Waals surface area contributed by atoms with E-state index >= 15 is 0 Å². The number of hydrogen-bond donors (Lipinski definition) is 0. The van der Waals surface area contributed by atoms with Crippen molar-refractivity contribution in [1.29, 1.82) is 0 Å². The van der Waals surface area contributed by atoms with E-state index in [2.05, 4.69) is 0 Å². The van der Waals surface area contributed by atoms with Crippen molar-refractivity contribution in [1.82, 2.24) is 0 Å². The summed E-state index contributed by atoms with van der Waals surface area (Å²) in [5.74, 6) is 0.690. The van der Waals surface area contributed by atoms with Crippen molar-refractivity contribution in [3.8, 4) is 11.5 Å². The molecule has 0 bridgehead atoms. The minimum atomic E-state index is -0.231.